The van der Waals surface area contributed by atoms with Crippen LogP contribution in [0.5, 0.6) is 5.75 Å². The first kappa shape index (κ1) is 16.1. The monoisotopic (exact) mass is 323 g/mol. The molecule has 0 spiro atoms. The maximum absolute atomic E-state index is 11.8. The zero-order valence-corrected chi connectivity index (χ0v) is 13.7. The molecule has 0 saturated carbocycles. The first-order chi connectivity index (χ1) is 11.7. The van der Waals surface area contributed by atoms with Gasteiger partial charge in [-0.05, 0) is 37.1 Å². The Labute approximate surface area is 141 Å². The number of esters is 1. The van der Waals surface area contributed by atoms with E-state index in [2.05, 4.69) is 11.1 Å². The number of rotatable bonds is 7. The Morgan fingerprint density at radius 2 is 1.83 bits per heavy atom. The molecule has 0 aliphatic heterocycles. The summed E-state index contributed by atoms with van der Waals surface area (Å²) in [6.07, 6.45) is 2.99. The van der Waals surface area contributed by atoms with Gasteiger partial charge in [0.15, 0.2) is 0 Å². The third-order valence-electron chi connectivity index (χ3n) is 3.91. The van der Waals surface area contributed by atoms with E-state index in [4.69, 9.17) is 9.47 Å². The maximum Gasteiger partial charge on any atom is 0.306 e. The normalized spacial score (nSPS) is 10.7. The average Bonchev–Trinajstić information content (AvgIpc) is 3.02. The fourth-order valence-corrected chi connectivity index (χ4v) is 2.60. The van der Waals surface area contributed by atoms with Crippen molar-refractivity contribution in [3.8, 4) is 5.75 Å². The van der Waals surface area contributed by atoms with Gasteiger partial charge in [-0.2, -0.15) is 0 Å². The number of carbonyl (C=O) groups is 1. The summed E-state index contributed by atoms with van der Waals surface area (Å²) in [7, 11) is 0. The van der Waals surface area contributed by atoms with Crippen molar-refractivity contribution in [3.63, 3.8) is 0 Å². The standard InChI is InChI=1S/C20H21NO3/c1-15-6-9-17(10-7-15)23-12-13-24-20(22)11-8-16-14-21-19-5-3-2-4-18(16)19/h2-7,9-10,14,21H,8,11-13H2,1H3. The maximum atomic E-state index is 11.8. The molecule has 2 aromatic carbocycles. The summed E-state index contributed by atoms with van der Waals surface area (Å²) in [5.74, 6) is 0.586. The van der Waals surface area contributed by atoms with Crippen molar-refractivity contribution in [1.82, 2.24) is 4.98 Å². The second kappa shape index (κ2) is 7.68. The number of fused-ring (bicyclic) bond motifs is 1. The van der Waals surface area contributed by atoms with Gasteiger partial charge in [0.1, 0.15) is 19.0 Å². The first-order valence-electron chi connectivity index (χ1n) is 8.12. The van der Waals surface area contributed by atoms with Crippen LogP contribution in [0.1, 0.15) is 17.5 Å². The van der Waals surface area contributed by atoms with Gasteiger partial charge in [-0.3, -0.25) is 4.79 Å². The van der Waals surface area contributed by atoms with E-state index in [1.165, 1.54) is 5.56 Å². The molecule has 0 aliphatic carbocycles. The highest BCUT2D eigenvalue weighted by Crippen LogP contribution is 2.19. The largest absolute Gasteiger partial charge is 0.490 e. The number of aromatic amines is 1. The summed E-state index contributed by atoms with van der Waals surface area (Å²) < 4.78 is 10.8. The van der Waals surface area contributed by atoms with Crippen LogP contribution in [0.2, 0.25) is 0 Å². The lowest BCUT2D eigenvalue weighted by Gasteiger charge is -2.07. The van der Waals surface area contributed by atoms with Gasteiger partial charge in [-0.1, -0.05) is 35.9 Å². The van der Waals surface area contributed by atoms with E-state index >= 15 is 0 Å². The van der Waals surface area contributed by atoms with Crippen LogP contribution in [0, 0.1) is 6.92 Å². The summed E-state index contributed by atoms with van der Waals surface area (Å²) in [5.41, 5.74) is 3.41. The van der Waals surface area contributed by atoms with Crippen LogP contribution in [-0.4, -0.2) is 24.2 Å². The summed E-state index contributed by atoms with van der Waals surface area (Å²) in [4.78, 5) is 15.1. The highest BCUT2D eigenvalue weighted by Gasteiger charge is 2.07. The Kier molecular flexibility index (Phi) is 5.16. The van der Waals surface area contributed by atoms with E-state index in [1.54, 1.807) is 0 Å². The molecule has 3 aromatic rings. The molecule has 0 atom stereocenters. The number of aromatic nitrogens is 1. The van der Waals surface area contributed by atoms with E-state index in [9.17, 15) is 4.79 Å². The van der Waals surface area contributed by atoms with Crippen LogP contribution in [0.25, 0.3) is 10.9 Å². The van der Waals surface area contributed by atoms with Gasteiger partial charge in [0.2, 0.25) is 0 Å². The molecule has 0 amide bonds. The molecule has 3 rings (SSSR count). The SMILES string of the molecule is Cc1ccc(OCCOC(=O)CCc2c[nH]c3ccccc23)cc1. The lowest BCUT2D eigenvalue weighted by molar-refractivity contribution is -0.144. The van der Waals surface area contributed by atoms with Crippen LogP contribution >= 0.6 is 0 Å². The van der Waals surface area contributed by atoms with Crippen molar-refractivity contribution in [2.45, 2.75) is 19.8 Å². The van der Waals surface area contributed by atoms with E-state index in [0.717, 1.165) is 22.2 Å². The number of para-hydroxylation sites is 1. The molecule has 0 aliphatic rings. The molecule has 1 N–H and O–H groups in total. The highest BCUT2D eigenvalue weighted by molar-refractivity contribution is 5.83. The van der Waals surface area contributed by atoms with E-state index in [1.807, 2.05) is 55.6 Å². The fraction of sp³-hybridized carbons (Fsp3) is 0.250. The van der Waals surface area contributed by atoms with Gasteiger partial charge in [0, 0.05) is 23.5 Å². The Balaban J connectivity index is 1.39. The van der Waals surface area contributed by atoms with Crippen molar-refractivity contribution >= 4 is 16.9 Å². The fourth-order valence-electron chi connectivity index (χ4n) is 2.60. The number of H-pyrrole nitrogens is 1. The summed E-state index contributed by atoms with van der Waals surface area (Å²) in [6.45, 7) is 2.65. The van der Waals surface area contributed by atoms with E-state index in [-0.39, 0.29) is 12.6 Å². The molecular formula is C20H21NO3. The molecule has 4 heteroatoms. The molecule has 0 fully saturated rings. The summed E-state index contributed by atoms with van der Waals surface area (Å²) in [6, 6.07) is 15.9. The second-order valence-electron chi connectivity index (χ2n) is 5.74. The van der Waals surface area contributed by atoms with Gasteiger partial charge in [0.25, 0.3) is 0 Å². The minimum atomic E-state index is -0.201. The summed E-state index contributed by atoms with van der Waals surface area (Å²) in [5, 5.41) is 1.16. The Bertz CT molecular complexity index is 805. The first-order valence-corrected chi connectivity index (χ1v) is 8.12. The average molecular weight is 323 g/mol. The van der Waals surface area contributed by atoms with Crippen molar-refractivity contribution in [1.29, 1.82) is 0 Å². The lowest BCUT2D eigenvalue weighted by atomic mass is 10.1. The number of nitrogens with one attached hydrogen (secondary N) is 1. The highest BCUT2D eigenvalue weighted by atomic mass is 16.6. The molecule has 4 nitrogen and oxygen atoms in total. The van der Waals surface area contributed by atoms with Crippen LogP contribution in [0.15, 0.2) is 54.7 Å². The Morgan fingerprint density at radius 3 is 2.67 bits per heavy atom. The Hall–Kier alpha value is -2.75. The van der Waals surface area contributed by atoms with Crippen molar-refractivity contribution in [2.75, 3.05) is 13.2 Å². The van der Waals surface area contributed by atoms with Gasteiger partial charge in [-0.15, -0.1) is 0 Å². The minimum absolute atomic E-state index is 0.201. The molecule has 24 heavy (non-hydrogen) atoms. The smallest absolute Gasteiger partial charge is 0.306 e. The van der Waals surface area contributed by atoms with Crippen LogP contribution in [0.4, 0.5) is 0 Å². The zero-order valence-electron chi connectivity index (χ0n) is 13.7. The lowest BCUT2D eigenvalue weighted by Crippen LogP contribution is -2.12. The summed E-state index contributed by atoms with van der Waals surface area (Å²) >= 11 is 0. The van der Waals surface area contributed by atoms with Crippen molar-refractivity contribution in [2.24, 2.45) is 0 Å². The van der Waals surface area contributed by atoms with Gasteiger partial charge < -0.3 is 14.5 Å². The topological polar surface area (TPSA) is 51.3 Å². The predicted molar refractivity (Wildman–Crippen MR) is 94.3 cm³/mol. The van der Waals surface area contributed by atoms with Crippen LogP contribution in [0.3, 0.4) is 0 Å². The molecule has 0 unspecified atom stereocenters. The second-order valence-corrected chi connectivity index (χ2v) is 5.74. The van der Waals surface area contributed by atoms with Crippen LogP contribution in [-0.2, 0) is 16.0 Å². The molecule has 124 valence electrons. The molecule has 0 radical (unpaired) electrons. The van der Waals surface area contributed by atoms with Crippen molar-refractivity contribution in [3.05, 3.63) is 65.9 Å². The van der Waals surface area contributed by atoms with E-state index < -0.39 is 0 Å². The molecule has 1 aromatic heterocycles. The number of hydrogen-bond acceptors (Lipinski definition) is 3. The number of aryl methyl sites for hydroxylation is 2. The number of benzene rings is 2. The van der Waals surface area contributed by atoms with Gasteiger partial charge in [0.05, 0.1) is 0 Å². The molecule has 1 heterocycles. The molecular weight excluding hydrogens is 302 g/mol. The molecule has 0 bridgehead atoms. The third-order valence-corrected chi connectivity index (χ3v) is 3.91. The van der Waals surface area contributed by atoms with Crippen LogP contribution < -0.4 is 4.74 Å². The van der Waals surface area contributed by atoms with E-state index in [0.29, 0.717) is 19.4 Å². The number of hydrogen-bond donors (Lipinski definition) is 1. The van der Waals surface area contributed by atoms with Gasteiger partial charge in [-0.25, -0.2) is 0 Å². The van der Waals surface area contributed by atoms with Gasteiger partial charge >= 0.3 is 5.97 Å². The predicted octanol–water partition coefficient (Wildman–Crippen LogP) is 4.03. The number of carbonyl (C=O) groups excluding carboxylic acids is 1. The van der Waals surface area contributed by atoms with Crippen molar-refractivity contribution < 1.29 is 14.3 Å². The molecule has 0 saturated heterocycles. The minimum Gasteiger partial charge on any atom is -0.490 e. The number of ether oxygens (including phenoxy) is 2. The zero-order chi connectivity index (χ0) is 16.8. The quantitative estimate of drug-likeness (QED) is 0.527. The third kappa shape index (κ3) is 4.16. The Morgan fingerprint density at radius 1 is 1.04 bits per heavy atom.